The first-order chi connectivity index (χ1) is 4.84. The lowest BCUT2D eigenvalue weighted by atomic mass is 9.94. The Hall–Kier alpha value is -0.150. The maximum absolute atomic E-state index is 12.8. The predicted octanol–water partition coefficient (Wildman–Crippen LogP) is 0.0483. The maximum Gasteiger partial charge on any atom is 0.103 e. The van der Waals surface area contributed by atoms with Gasteiger partial charge in [0.2, 0.25) is 0 Å². The summed E-state index contributed by atoms with van der Waals surface area (Å²) in [4.78, 5) is 0. The summed E-state index contributed by atoms with van der Waals surface area (Å²) in [5.41, 5.74) is 0. The molecule has 10 heavy (non-hydrogen) atoms. The second-order valence-electron chi connectivity index (χ2n) is 3.29. The third-order valence-electron chi connectivity index (χ3n) is 2.33. The van der Waals surface area contributed by atoms with Crippen molar-refractivity contribution in [2.45, 2.75) is 31.1 Å². The highest BCUT2D eigenvalue weighted by Gasteiger charge is 2.30. The van der Waals surface area contributed by atoms with E-state index >= 15 is 0 Å². The Kier molecular flexibility index (Phi) is 1.62. The zero-order chi connectivity index (χ0) is 6.97. The maximum atomic E-state index is 12.8. The number of piperidine rings is 1. The lowest BCUT2D eigenvalue weighted by molar-refractivity contribution is 0.156. The summed E-state index contributed by atoms with van der Waals surface area (Å²) in [6.45, 7) is 1.88. The molecule has 0 aromatic carbocycles. The first-order valence-electron chi connectivity index (χ1n) is 3.95. The number of alkyl halides is 1. The number of hydrogen-bond acceptors (Lipinski definition) is 2. The zero-order valence-electron chi connectivity index (χ0n) is 5.94. The topological polar surface area (TPSA) is 24.1 Å². The van der Waals surface area contributed by atoms with Crippen LogP contribution in [-0.4, -0.2) is 31.3 Å². The molecule has 2 unspecified atom stereocenters. The molecule has 2 heterocycles. The van der Waals surface area contributed by atoms with Gasteiger partial charge >= 0.3 is 0 Å². The van der Waals surface area contributed by atoms with Crippen molar-refractivity contribution in [1.82, 2.24) is 10.6 Å². The van der Waals surface area contributed by atoms with Crippen molar-refractivity contribution in [3.05, 3.63) is 0 Å². The fourth-order valence-corrected chi connectivity index (χ4v) is 1.90. The van der Waals surface area contributed by atoms with Gasteiger partial charge in [0, 0.05) is 25.2 Å². The van der Waals surface area contributed by atoms with Crippen molar-refractivity contribution in [2.75, 3.05) is 13.1 Å². The highest BCUT2D eigenvalue weighted by atomic mass is 19.1. The summed E-state index contributed by atoms with van der Waals surface area (Å²) in [5.74, 6) is 0. The van der Waals surface area contributed by atoms with E-state index in [1.807, 2.05) is 0 Å². The van der Waals surface area contributed by atoms with Gasteiger partial charge < -0.3 is 10.6 Å². The zero-order valence-corrected chi connectivity index (χ0v) is 5.94. The van der Waals surface area contributed by atoms with Gasteiger partial charge in [-0.3, -0.25) is 0 Å². The summed E-state index contributed by atoms with van der Waals surface area (Å²) in [6.07, 6.45) is 0.839. The minimum atomic E-state index is -0.557. The Morgan fingerprint density at radius 3 is 2.30 bits per heavy atom. The first kappa shape index (κ1) is 6.55. The Labute approximate surface area is 60.2 Å². The van der Waals surface area contributed by atoms with Crippen LogP contribution in [0.25, 0.3) is 0 Å². The van der Waals surface area contributed by atoms with Gasteiger partial charge in [0.15, 0.2) is 0 Å². The fourth-order valence-electron chi connectivity index (χ4n) is 1.90. The summed E-state index contributed by atoms with van der Waals surface area (Å²) >= 11 is 0. The molecule has 0 spiro atoms. The van der Waals surface area contributed by atoms with E-state index in [9.17, 15) is 4.39 Å². The van der Waals surface area contributed by atoms with Crippen LogP contribution < -0.4 is 10.6 Å². The molecule has 2 aliphatic rings. The van der Waals surface area contributed by atoms with Crippen LogP contribution in [0.4, 0.5) is 4.39 Å². The lowest BCUT2D eigenvalue weighted by Gasteiger charge is -2.38. The van der Waals surface area contributed by atoms with E-state index in [4.69, 9.17) is 0 Å². The van der Waals surface area contributed by atoms with Crippen molar-refractivity contribution in [2.24, 2.45) is 0 Å². The predicted molar refractivity (Wildman–Crippen MR) is 37.7 cm³/mol. The third-order valence-corrected chi connectivity index (χ3v) is 2.33. The second kappa shape index (κ2) is 2.47. The molecule has 0 radical (unpaired) electrons. The Morgan fingerprint density at radius 2 is 1.70 bits per heavy atom. The van der Waals surface area contributed by atoms with E-state index in [1.54, 1.807) is 0 Å². The number of hydrogen-bond donors (Lipinski definition) is 2. The molecule has 2 atom stereocenters. The third kappa shape index (κ3) is 1.16. The van der Waals surface area contributed by atoms with E-state index in [1.165, 1.54) is 0 Å². The number of rotatable bonds is 0. The Morgan fingerprint density at radius 1 is 1.10 bits per heavy atom. The molecule has 2 bridgehead atoms. The van der Waals surface area contributed by atoms with Crippen LogP contribution in [0.5, 0.6) is 0 Å². The molecule has 2 aliphatic heterocycles. The number of halogens is 1. The van der Waals surface area contributed by atoms with E-state index in [0.717, 1.165) is 13.1 Å². The number of nitrogens with one attached hydrogen (secondary N) is 2. The average Bonchev–Trinajstić information content (AvgIpc) is 1.85. The number of piperazine rings is 1. The molecule has 0 saturated carbocycles. The molecule has 2 N–H and O–H groups in total. The molecule has 58 valence electrons. The summed E-state index contributed by atoms with van der Waals surface area (Å²) in [7, 11) is 0. The normalized spacial score (nSPS) is 47.1. The highest BCUT2D eigenvalue weighted by Crippen LogP contribution is 2.18. The van der Waals surface area contributed by atoms with Crippen LogP contribution in [0.15, 0.2) is 0 Å². The molecule has 2 saturated heterocycles. The van der Waals surface area contributed by atoms with Crippen LogP contribution >= 0.6 is 0 Å². The van der Waals surface area contributed by atoms with Crippen LogP contribution in [0.1, 0.15) is 12.8 Å². The molecule has 2 nitrogen and oxygen atoms in total. The van der Waals surface area contributed by atoms with Crippen LogP contribution in [-0.2, 0) is 0 Å². The van der Waals surface area contributed by atoms with Gasteiger partial charge in [-0.1, -0.05) is 0 Å². The van der Waals surface area contributed by atoms with Crippen LogP contribution in [0, 0.1) is 0 Å². The summed E-state index contributed by atoms with van der Waals surface area (Å²) in [5, 5.41) is 6.66. The van der Waals surface area contributed by atoms with Gasteiger partial charge in [0.25, 0.3) is 0 Å². The molecular formula is C7H13FN2. The fraction of sp³-hybridized carbons (Fsp3) is 1.00. The minimum Gasteiger partial charge on any atom is -0.314 e. The average molecular weight is 144 g/mol. The second-order valence-corrected chi connectivity index (χ2v) is 3.29. The quantitative estimate of drug-likeness (QED) is 0.502. The van der Waals surface area contributed by atoms with Gasteiger partial charge in [-0.05, 0) is 12.8 Å². The lowest BCUT2D eigenvalue weighted by Crippen LogP contribution is -2.59. The molecule has 2 fully saturated rings. The summed E-state index contributed by atoms with van der Waals surface area (Å²) < 4.78 is 12.8. The van der Waals surface area contributed by atoms with Gasteiger partial charge in [-0.15, -0.1) is 0 Å². The van der Waals surface area contributed by atoms with Gasteiger partial charge in [0.1, 0.15) is 6.17 Å². The standard InChI is InChI=1S/C7H13FN2/c8-5-1-6-3-9-4-7(2-5)10-6/h5-7,9-10H,1-4H2. The molecule has 0 aromatic rings. The van der Waals surface area contributed by atoms with Gasteiger partial charge in [-0.25, -0.2) is 4.39 Å². The van der Waals surface area contributed by atoms with Gasteiger partial charge in [-0.2, -0.15) is 0 Å². The van der Waals surface area contributed by atoms with Crippen LogP contribution in [0.2, 0.25) is 0 Å². The van der Waals surface area contributed by atoms with E-state index < -0.39 is 6.17 Å². The molecule has 3 heteroatoms. The SMILES string of the molecule is FC1CC2CNCC(C1)N2. The minimum absolute atomic E-state index is 0.391. The van der Waals surface area contributed by atoms with E-state index in [0.29, 0.717) is 24.9 Å². The number of fused-ring (bicyclic) bond motifs is 2. The van der Waals surface area contributed by atoms with E-state index in [-0.39, 0.29) is 0 Å². The van der Waals surface area contributed by atoms with Crippen molar-refractivity contribution < 1.29 is 4.39 Å². The smallest absolute Gasteiger partial charge is 0.103 e. The molecule has 0 aliphatic carbocycles. The van der Waals surface area contributed by atoms with Crippen molar-refractivity contribution in [3.63, 3.8) is 0 Å². The highest BCUT2D eigenvalue weighted by molar-refractivity contribution is 4.91. The summed E-state index contributed by atoms with van der Waals surface area (Å²) in [6, 6.07) is 0.782. The molecule has 2 rings (SSSR count). The van der Waals surface area contributed by atoms with E-state index in [2.05, 4.69) is 10.6 Å². The van der Waals surface area contributed by atoms with Gasteiger partial charge in [0.05, 0.1) is 0 Å². The Balaban J connectivity index is 1.98. The largest absolute Gasteiger partial charge is 0.314 e. The molecule has 0 amide bonds. The molecule has 0 aromatic heterocycles. The van der Waals surface area contributed by atoms with Crippen molar-refractivity contribution in [3.8, 4) is 0 Å². The Bertz CT molecular complexity index is 113. The monoisotopic (exact) mass is 144 g/mol. The van der Waals surface area contributed by atoms with Crippen molar-refractivity contribution in [1.29, 1.82) is 0 Å². The van der Waals surface area contributed by atoms with Crippen LogP contribution in [0.3, 0.4) is 0 Å². The first-order valence-corrected chi connectivity index (χ1v) is 3.95. The van der Waals surface area contributed by atoms with Crippen molar-refractivity contribution >= 4 is 0 Å². The molecular weight excluding hydrogens is 131 g/mol.